The lowest BCUT2D eigenvalue weighted by Crippen LogP contribution is -2.35. The molecule has 0 amide bonds. The number of nitrogens with one attached hydrogen (secondary N) is 1. The molecule has 1 rings (SSSR count). The molecule has 1 N–H and O–H groups in total. The van der Waals surface area contributed by atoms with Crippen LogP contribution in [0.15, 0.2) is 4.47 Å². The molecule has 0 spiro atoms. The lowest BCUT2D eigenvalue weighted by molar-refractivity contribution is -0.175. The number of ether oxygens (including phenoxy) is 1. The maximum absolute atomic E-state index is 12.1. The van der Waals surface area contributed by atoms with Crippen LogP contribution in [0.1, 0.15) is 18.3 Å². The molecule has 1 heterocycles. The van der Waals surface area contributed by atoms with E-state index in [4.69, 9.17) is 4.74 Å². The van der Waals surface area contributed by atoms with Gasteiger partial charge in [-0.15, -0.1) is 0 Å². The van der Waals surface area contributed by atoms with Gasteiger partial charge in [0.25, 0.3) is 0 Å². The van der Waals surface area contributed by atoms with Crippen LogP contribution >= 0.6 is 15.9 Å². The number of aryl methyl sites for hydroxylation is 2. The molecule has 1 aromatic heterocycles. The number of halogens is 4. The summed E-state index contributed by atoms with van der Waals surface area (Å²) in [7, 11) is 1.70. The SMILES string of the molecule is CCn1nc(C)c(Br)c1CC(COCC(F)(F)F)NC. The van der Waals surface area contributed by atoms with Crippen LogP contribution in [0.3, 0.4) is 0 Å². The summed E-state index contributed by atoms with van der Waals surface area (Å²) in [6, 6.07) is -0.199. The van der Waals surface area contributed by atoms with E-state index in [1.54, 1.807) is 7.05 Å². The Labute approximate surface area is 124 Å². The maximum atomic E-state index is 12.1. The van der Waals surface area contributed by atoms with Crippen LogP contribution in [0, 0.1) is 6.92 Å². The van der Waals surface area contributed by atoms with Crippen molar-refractivity contribution in [3.63, 3.8) is 0 Å². The summed E-state index contributed by atoms with van der Waals surface area (Å²) in [6.07, 6.45) is -3.75. The average Bonchev–Trinajstić information content (AvgIpc) is 2.63. The van der Waals surface area contributed by atoms with Crippen LogP contribution in [0.4, 0.5) is 13.2 Å². The summed E-state index contributed by atoms with van der Waals surface area (Å²) in [4.78, 5) is 0. The molecule has 0 bridgehead atoms. The Kier molecular flexibility index (Phi) is 6.47. The van der Waals surface area contributed by atoms with Crippen molar-refractivity contribution in [1.82, 2.24) is 15.1 Å². The van der Waals surface area contributed by atoms with Gasteiger partial charge in [-0.1, -0.05) is 0 Å². The second-order valence-electron chi connectivity index (χ2n) is 4.48. The van der Waals surface area contributed by atoms with Crippen molar-refractivity contribution in [1.29, 1.82) is 0 Å². The fourth-order valence-electron chi connectivity index (χ4n) is 1.86. The van der Waals surface area contributed by atoms with Gasteiger partial charge in [0, 0.05) is 19.0 Å². The van der Waals surface area contributed by atoms with E-state index >= 15 is 0 Å². The highest BCUT2D eigenvalue weighted by Crippen LogP contribution is 2.22. The number of alkyl halides is 3. The number of rotatable bonds is 7. The summed E-state index contributed by atoms with van der Waals surface area (Å²) in [5.74, 6) is 0. The fraction of sp³-hybridized carbons (Fsp3) is 0.750. The highest BCUT2D eigenvalue weighted by Gasteiger charge is 2.28. The van der Waals surface area contributed by atoms with E-state index in [9.17, 15) is 13.2 Å². The maximum Gasteiger partial charge on any atom is 0.411 e. The first kappa shape index (κ1) is 17.5. The molecule has 0 aliphatic carbocycles. The van der Waals surface area contributed by atoms with E-state index in [-0.39, 0.29) is 12.6 Å². The van der Waals surface area contributed by atoms with Crippen LogP contribution < -0.4 is 5.32 Å². The van der Waals surface area contributed by atoms with Crippen molar-refractivity contribution in [2.75, 3.05) is 20.3 Å². The first-order valence-electron chi connectivity index (χ1n) is 6.32. The molecule has 116 valence electrons. The molecule has 1 aromatic rings. The van der Waals surface area contributed by atoms with Gasteiger partial charge in [0.2, 0.25) is 0 Å². The van der Waals surface area contributed by atoms with Crippen molar-refractivity contribution < 1.29 is 17.9 Å². The third-order valence-corrected chi connectivity index (χ3v) is 3.92. The number of nitrogens with zero attached hydrogens (tertiary/aromatic N) is 2. The van der Waals surface area contributed by atoms with Gasteiger partial charge >= 0.3 is 6.18 Å². The van der Waals surface area contributed by atoms with Crippen LogP contribution in [0.5, 0.6) is 0 Å². The van der Waals surface area contributed by atoms with Crippen molar-refractivity contribution in [3.8, 4) is 0 Å². The predicted molar refractivity (Wildman–Crippen MR) is 73.8 cm³/mol. The Morgan fingerprint density at radius 2 is 2.10 bits per heavy atom. The van der Waals surface area contributed by atoms with Crippen LogP contribution in [-0.4, -0.2) is 42.3 Å². The molecule has 0 aliphatic rings. The zero-order chi connectivity index (χ0) is 15.3. The Hall–Kier alpha value is -0.600. The fourth-order valence-corrected chi connectivity index (χ4v) is 2.30. The summed E-state index contributed by atoms with van der Waals surface area (Å²) >= 11 is 3.47. The van der Waals surface area contributed by atoms with E-state index in [0.29, 0.717) is 13.0 Å². The van der Waals surface area contributed by atoms with E-state index in [1.807, 2.05) is 18.5 Å². The number of hydrogen-bond donors (Lipinski definition) is 1. The molecule has 0 aliphatic heterocycles. The van der Waals surface area contributed by atoms with Gasteiger partial charge in [-0.25, -0.2) is 0 Å². The van der Waals surface area contributed by atoms with Gasteiger partial charge in [-0.3, -0.25) is 4.68 Å². The molecule has 20 heavy (non-hydrogen) atoms. The molecule has 0 saturated heterocycles. The van der Waals surface area contributed by atoms with Crippen LogP contribution in [-0.2, 0) is 17.7 Å². The Bertz CT molecular complexity index is 434. The van der Waals surface area contributed by atoms with Gasteiger partial charge in [0.05, 0.1) is 22.5 Å². The topological polar surface area (TPSA) is 39.1 Å². The smallest absolute Gasteiger partial charge is 0.370 e. The van der Waals surface area contributed by atoms with Crippen LogP contribution in [0.25, 0.3) is 0 Å². The minimum atomic E-state index is -4.29. The molecule has 0 aromatic carbocycles. The van der Waals surface area contributed by atoms with Crippen molar-refractivity contribution in [2.45, 2.75) is 39.0 Å². The molecule has 0 radical (unpaired) electrons. The molecule has 0 saturated carbocycles. The average molecular weight is 358 g/mol. The summed E-state index contributed by atoms with van der Waals surface area (Å²) in [5.41, 5.74) is 1.83. The standard InChI is InChI=1S/C12H19BrF3N3O/c1-4-19-10(11(13)8(2)18-19)5-9(17-3)6-20-7-12(14,15)16/h9,17H,4-7H2,1-3H3. The minimum Gasteiger partial charge on any atom is -0.370 e. The zero-order valence-corrected chi connectivity index (χ0v) is 13.3. The monoisotopic (exact) mass is 357 g/mol. The largest absolute Gasteiger partial charge is 0.411 e. The van der Waals surface area contributed by atoms with Gasteiger partial charge in [-0.05, 0) is 36.8 Å². The van der Waals surface area contributed by atoms with Crippen LogP contribution in [0.2, 0.25) is 0 Å². The third-order valence-electron chi connectivity index (χ3n) is 2.89. The zero-order valence-electron chi connectivity index (χ0n) is 11.7. The van der Waals surface area contributed by atoms with E-state index in [0.717, 1.165) is 15.9 Å². The Morgan fingerprint density at radius 3 is 2.60 bits per heavy atom. The van der Waals surface area contributed by atoms with Crippen molar-refractivity contribution >= 4 is 15.9 Å². The number of aromatic nitrogens is 2. The van der Waals surface area contributed by atoms with Gasteiger partial charge in [0.1, 0.15) is 6.61 Å². The number of hydrogen-bond acceptors (Lipinski definition) is 3. The lowest BCUT2D eigenvalue weighted by atomic mass is 10.1. The minimum absolute atomic E-state index is 0.00358. The van der Waals surface area contributed by atoms with Crippen molar-refractivity contribution in [2.24, 2.45) is 0 Å². The van der Waals surface area contributed by atoms with Gasteiger partial charge in [0.15, 0.2) is 0 Å². The summed E-state index contributed by atoms with van der Waals surface area (Å²) in [6.45, 7) is 3.33. The number of likely N-dealkylation sites (N-methyl/N-ethyl adjacent to an activating group) is 1. The van der Waals surface area contributed by atoms with Gasteiger partial charge < -0.3 is 10.1 Å². The highest BCUT2D eigenvalue weighted by molar-refractivity contribution is 9.10. The second kappa shape index (κ2) is 7.42. The molecule has 0 fully saturated rings. The van der Waals surface area contributed by atoms with E-state index in [1.165, 1.54) is 0 Å². The molecule has 1 unspecified atom stereocenters. The first-order chi connectivity index (χ1) is 9.28. The Balaban J connectivity index is 2.64. The second-order valence-corrected chi connectivity index (χ2v) is 5.27. The summed E-state index contributed by atoms with van der Waals surface area (Å²) < 4.78 is 43.6. The van der Waals surface area contributed by atoms with Gasteiger partial charge in [-0.2, -0.15) is 18.3 Å². The molecular weight excluding hydrogens is 339 g/mol. The quantitative estimate of drug-likeness (QED) is 0.815. The molecule has 4 nitrogen and oxygen atoms in total. The molecule has 8 heteroatoms. The summed E-state index contributed by atoms with van der Waals surface area (Å²) in [5, 5.41) is 7.33. The predicted octanol–water partition coefficient (Wildman–Crippen LogP) is 2.68. The Morgan fingerprint density at radius 1 is 1.45 bits per heavy atom. The van der Waals surface area contributed by atoms with E-state index in [2.05, 4.69) is 26.3 Å². The normalized spacial score (nSPS) is 13.8. The third kappa shape index (κ3) is 5.06. The molecule has 1 atom stereocenters. The lowest BCUT2D eigenvalue weighted by Gasteiger charge is -2.18. The van der Waals surface area contributed by atoms with Crippen molar-refractivity contribution in [3.05, 3.63) is 15.9 Å². The molecular formula is C12H19BrF3N3O. The van der Waals surface area contributed by atoms with E-state index < -0.39 is 12.8 Å². The first-order valence-corrected chi connectivity index (χ1v) is 7.11. The highest BCUT2D eigenvalue weighted by atomic mass is 79.9.